The van der Waals surface area contributed by atoms with Gasteiger partial charge < -0.3 is 9.30 Å². The number of pyridine rings is 1. The Kier molecular flexibility index (Phi) is 5.27. The highest BCUT2D eigenvalue weighted by Crippen LogP contribution is 2.15. The molecule has 0 saturated heterocycles. The number of ketones is 1. The van der Waals surface area contributed by atoms with Crippen LogP contribution in [0.25, 0.3) is 0 Å². The molecule has 1 heterocycles. The lowest BCUT2D eigenvalue weighted by molar-refractivity contribution is 0.0970. The number of hydrogen-bond donors (Lipinski definition) is 0. The quantitative estimate of drug-likeness (QED) is 0.636. The van der Waals surface area contributed by atoms with E-state index >= 15 is 0 Å². The summed E-state index contributed by atoms with van der Waals surface area (Å²) in [5.41, 5.74) is 1.54. The monoisotopic (exact) mass is 351 g/mol. The Bertz CT molecular complexity index is 980. The van der Waals surface area contributed by atoms with Crippen LogP contribution in [0.1, 0.15) is 21.6 Å². The van der Waals surface area contributed by atoms with Crippen molar-refractivity contribution in [2.24, 2.45) is 0 Å². The maximum atomic E-state index is 13.3. The van der Waals surface area contributed by atoms with Crippen LogP contribution in [0.3, 0.4) is 0 Å². The lowest BCUT2D eigenvalue weighted by atomic mass is 10.1. The molecule has 5 heteroatoms. The summed E-state index contributed by atoms with van der Waals surface area (Å²) >= 11 is 0. The predicted octanol–water partition coefficient (Wildman–Crippen LogP) is 3.76. The van der Waals surface area contributed by atoms with E-state index in [0.717, 1.165) is 5.56 Å². The largest absolute Gasteiger partial charge is 0.483 e. The van der Waals surface area contributed by atoms with Crippen LogP contribution >= 0.6 is 0 Å². The summed E-state index contributed by atoms with van der Waals surface area (Å²) in [5, 5.41) is 0. The normalized spacial score (nSPS) is 10.5. The van der Waals surface area contributed by atoms with Crippen molar-refractivity contribution in [1.82, 2.24) is 4.57 Å². The third kappa shape index (κ3) is 4.06. The van der Waals surface area contributed by atoms with E-state index in [4.69, 9.17) is 4.74 Å². The fourth-order valence-corrected chi connectivity index (χ4v) is 2.64. The van der Waals surface area contributed by atoms with Crippen LogP contribution in [0, 0.1) is 12.7 Å². The van der Waals surface area contributed by atoms with Gasteiger partial charge in [-0.3, -0.25) is 9.59 Å². The predicted molar refractivity (Wildman–Crippen MR) is 96.9 cm³/mol. The van der Waals surface area contributed by atoms with E-state index in [1.807, 2.05) is 30.3 Å². The van der Waals surface area contributed by atoms with Gasteiger partial charge in [-0.15, -0.1) is 0 Å². The van der Waals surface area contributed by atoms with Crippen molar-refractivity contribution in [2.75, 3.05) is 0 Å². The van der Waals surface area contributed by atoms with Crippen molar-refractivity contribution in [3.05, 3.63) is 99.7 Å². The first-order chi connectivity index (χ1) is 12.5. The van der Waals surface area contributed by atoms with E-state index < -0.39 is 5.82 Å². The fourth-order valence-electron chi connectivity index (χ4n) is 2.64. The van der Waals surface area contributed by atoms with Gasteiger partial charge in [-0.2, -0.15) is 0 Å². The van der Waals surface area contributed by atoms with Crippen molar-refractivity contribution >= 4 is 5.78 Å². The van der Waals surface area contributed by atoms with Gasteiger partial charge in [0.25, 0.3) is 0 Å². The molecule has 3 rings (SSSR count). The SMILES string of the molecule is Cc1c(OCc2ccccc2)c(=O)ccn1CC(=O)c1cccc(F)c1. The molecule has 0 aliphatic carbocycles. The highest BCUT2D eigenvalue weighted by molar-refractivity contribution is 5.95. The van der Waals surface area contributed by atoms with Crippen LogP contribution in [-0.4, -0.2) is 10.4 Å². The fraction of sp³-hybridized carbons (Fsp3) is 0.143. The number of halogens is 1. The molecule has 3 aromatic rings. The number of benzene rings is 2. The molecule has 1 aromatic heterocycles. The minimum Gasteiger partial charge on any atom is -0.483 e. The van der Waals surface area contributed by atoms with Gasteiger partial charge in [-0.05, 0) is 24.6 Å². The zero-order valence-corrected chi connectivity index (χ0v) is 14.3. The molecule has 0 radical (unpaired) electrons. The number of ether oxygens (including phenoxy) is 1. The van der Waals surface area contributed by atoms with E-state index in [1.54, 1.807) is 23.8 Å². The Balaban J connectivity index is 1.80. The minimum absolute atomic E-state index is 0.00271. The molecule has 0 aliphatic rings. The summed E-state index contributed by atoms with van der Waals surface area (Å²) < 4.78 is 20.6. The summed E-state index contributed by atoms with van der Waals surface area (Å²) in [4.78, 5) is 24.5. The van der Waals surface area contributed by atoms with Gasteiger partial charge in [-0.1, -0.05) is 42.5 Å². The third-order valence-electron chi connectivity index (χ3n) is 4.08. The molecule has 0 atom stereocenters. The Morgan fingerprint density at radius 1 is 1.08 bits per heavy atom. The zero-order valence-electron chi connectivity index (χ0n) is 14.3. The molecule has 0 bridgehead atoms. The van der Waals surface area contributed by atoms with E-state index in [-0.39, 0.29) is 35.7 Å². The number of hydrogen-bond acceptors (Lipinski definition) is 3. The minimum atomic E-state index is -0.459. The van der Waals surface area contributed by atoms with Gasteiger partial charge in [0, 0.05) is 17.8 Å². The lowest BCUT2D eigenvalue weighted by Gasteiger charge is -2.14. The Hall–Kier alpha value is -3.21. The molecule has 26 heavy (non-hydrogen) atoms. The highest BCUT2D eigenvalue weighted by atomic mass is 19.1. The first kappa shape index (κ1) is 17.6. The molecular formula is C21H18FNO3. The Labute approximate surface area is 150 Å². The topological polar surface area (TPSA) is 48.3 Å². The van der Waals surface area contributed by atoms with Gasteiger partial charge in [0.05, 0.1) is 12.2 Å². The van der Waals surface area contributed by atoms with E-state index in [1.165, 1.54) is 24.3 Å². The Morgan fingerprint density at radius 2 is 1.85 bits per heavy atom. The van der Waals surface area contributed by atoms with Crippen molar-refractivity contribution in [3.63, 3.8) is 0 Å². The smallest absolute Gasteiger partial charge is 0.223 e. The second kappa shape index (κ2) is 7.78. The van der Waals surface area contributed by atoms with Crippen LogP contribution in [0.15, 0.2) is 71.7 Å². The van der Waals surface area contributed by atoms with Crippen LogP contribution in [0.4, 0.5) is 4.39 Å². The maximum Gasteiger partial charge on any atom is 0.223 e. The average Bonchev–Trinajstić information content (AvgIpc) is 2.65. The van der Waals surface area contributed by atoms with Crippen LogP contribution in [0.5, 0.6) is 5.75 Å². The average molecular weight is 351 g/mol. The molecule has 0 fully saturated rings. The first-order valence-corrected chi connectivity index (χ1v) is 8.20. The van der Waals surface area contributed by atoms with Crippen molar-refractivity contribution < 1.29 is 13.9 Å². The van der Waals surface area contributed by atoms with E-state index in [2.05, 4.69) is 0 Å². The summed E-state index contributed by atoms with van der Waals surface area (Å²) in [6, 6.07) is 16.4. The number of Topliss-reactive ketones (excluding diaryl/α,β-unsaturated/α-hetero) is 1. The zero-order chi connectivity index (χ0) is 18.5. The van der Waals surface area contributed by atoms with Gasteiger partial charge in [0.2, 0.25) is 5.43 Å². The highest BCUT2D eigenvalue weighted by Gasteiger charge is 2.13. The standard InChI is InChI=1S/C21H18FNO3/c1-15-21(26-14-16-6-3-2-4-7-16)19(24)10-11-23(15)13-20(25)17-8-5-9-18(22)12-17/h2-12H,13-14H2,1H3. The molecule has 0 amide bonds. The Morgan fingerprint density at radius 3 is 2.58 bits per heavy atom. The van der Waals surface area contributed by atoms with Gasteiger partial charge in [0.15, 0.2) is 11.5 Å². The lowest BCUT2D eigenvalue weighted by Crippen LogP contribution is -2.18. The number of aromatic nitrogens is 1. The molecule has 2 aromatic carbocycles. The van der Waals surface area contributed by atoms with E-state index in [9.17, 15) is 14.0 Å². The molecule has 0 aliphatic heterocycles. The van der Waals surface area contributed by atoms with Crippen LogP contribution in [0.2, 0.25) is 0 Å². The number of rotatable bonds is 6. The third-order valence-corrected chi connectivity index (χ3v) is 4.08. The molecule has 0 N–H and O–H groups in total. The van der Waals surface area contributed by atoms with Gasteiger partial charge >= 0.3 is 0 Å². The number of carbonyl (C=O) groups excluding carboxylic acids is 1. The van der Waals surface area contributed by atoms with E-state index in [0.29, 0.717) is 5.69 Å². The molecule has 4 nitrogen and oxygen atoms in total. The van der Waals surface area contributed by atoms with Crippen molar-refractivity contribution in [3.8, 4) is 5.75 Å². The molecule has 0 unspecified atom stereocenters. The molecule has 132 valence electrons. The maximum absolute atomic E-state index is 13.3. The summed E-state index contributed by atoms with van der Waals surface area (Å²) in [6.45, 7) is 1.98. The number of nitrogens with zero attached hydrogens (tertiary/aromatic N) is 1. The van der Waals surface area contributed by atoms with Gasteiger partial charge in [-0.25, -0.2) is 4.39 Å². The van der Waals surface area contributed by atoms with Crippen LogP contribution in [-0.2, 0) is 13.2 Å². The summed E-state index contributed by atoms with van der Waals surface area (Å²) in [7, 11) is 0. The summed E-state index contributed by atoms with van der Waals surface area (Å²) in [6.07, 6.45) is 1.55. The number of carbonyl (C=O) groups is 1. The second-order valence-electron chi connectivity index (χ2n) is 5.93. The molecule has 0 saturated carbocycles. The molecule has 0 spiro atoms. The second-order valence-corrected chi connectivity index (χ2v) is 5.93. The van der Waals surface area contributed by atoms with Crippen molar-refractivity contribution in [1.29, 1.82) is 0 Å². The van der Waals surface area contributed by atoms with Crippen molar-refractivity contribution in [2.45, 2.75) is 20.1 Å². The summed E-state index contributed by atoms with van der Waals surface area (Å²) in [5.74, 6) is -0.493. The molecular weight excluding hydrogens is 333 g/mol. The van der Waals surface area contributed by atoms with Gasteiger partial charge in [0.1, 0.15) is 12.4 Å². The van der Waals surface area contributed by atoms with Crippen LogP contribution < -0.4 is 10.2 Å². The first-order valence-electron chi connectivity index (χ1n) is 8.20.